The molecule has 3 N–H and O–H groups in total. The Kier molecular flexibility index (Phi) is 6.43. The topological polar surface area (TPSA) is 100 Å². The van der Waals surface area contributed by atoms with Crippen LogP contribution in [0.4, 0.5) is 5.82 Å². The minimum absolute atomic E-state index is 0.0907. The molecule has 1 aromatic carbocycles. The van der Waals surface area contributed by atoms with E-state index in [1.54, 1.807) is 43.0 Å². The number of amides is 1. The van der Waals surface area contributed by atoms with E-state index >= 15 is 0 Å². The lowest BCUT2D eigenvalue weighted by Crippen LogP contribution is -2.26. The zero-order chi connectivity index (χ0) is 18.9. The van der Waals surface area contributed by atoms with Crippen molar-refractivity contribution >= 4 is 11.7 Å². The number of aromatic nitrogens is 3. The van der Waals surface area contributed by atoms with Gasteiger partial charge in [-0.05, 0) is 36.2 Å². The van der Waals surface area contributed by atoms with Gasteiger partial charge in [0.05, 0.1) is 24.7 Å². The lowest BCUT2D eigenvalue weighted by molar-refractivity contribution is 0.0945. The second-order valence-corrected chi connectivity index (χ2v) is 5.88. The molecule has 7 nitrogen and oxygen atoms in total. The van der Waals surface area contributed by atoms with Crippen molar-refractivity contribution in [2.45, 2.75) is 6.42 Å². The summed E-state index contributed by atoms with van der Waals surface area (Å²) in [7, 11) is 0. The van der Waals surface area contributed by atoms with Crippen LogP contribution in [0.3, 0.4) is 0 Å². The molecule has 27 heavy (non-hydrogen) atoms. The first-order valence-corrected chi connectivity index (χ1v) is 8.70. The molecule has 2 aromatic heterocycles. The molecule has 0 aliphatic heterocycles. The van der Waals surface area contributed by atoms with E-state index in [9.17, 15) is 4.79 Å². The third kappa shape index (κ3) is 5.32. The maximum atomic E-state index is 12.0. The molecule has 0 atom stereocenters. The molecule has 0 aliphatic carbocycles. The maximum absolute atomic E-state index is 12.0. The fourth-order valence-electron chi connectivity index (χ4n) is 2.54. The Morgan fingerprint density at radius 3 is 2.63 bits per heavy atom. The van der Waals surface area contributed by atoms with Crippen LogP contribution in [0, 0.1) is 0 Å². The van der Waals surface area contributed by atoms with Crippen molar-refractivity contribution in [3.8, 4) is 11.3 Å². The monoisotopic (exact) mass is 363 g/mol. The summed E-state index contributed by atoms with van der Waals surface area (Å²) in [4.78, 5) is 24.8. The van der Waals surface area contributed by atoms with Crippen molar-refractivity contribution in [3.63, 3.8) is 0 Å². The van der Waals surface area contributed by atoms with Gasteiger partial charge in [0.25, 0.3) is 5.91 Å². The highest BCUT2D eigenvalue weighted by molar-refractivity contribution is 5.95. The van der Waals surface area contributed by atoms with Gasteiger partial charge in [0.15, 0.2) is 0 Å². The Balaban J connectivity index is 1.60. The van der Waals surface area contributed by atoms with Crippen LogP contribution in [-0.2, 0) is 6.42 Å². The molecular formula is C20H21N5O2. The molecule has 3 aromatic rings. The van der Waals surface area contributed by atoms with Gasteiger partial charge in [0.1, 0.15) is 5.82 Å². The van der Waals surface area contributed by atoms with E-state index in [-0.39, 0.29) is 19.1 Å². The number of carbonyl (C=O) groups excluding carboxylic acids is 1. The molecule has 138 valence electrons. The number of nitrogens with zero attached hydrogens (tertiary/aromatic N) is 3. The molecule has 0 spiro atoms. The van der Waals surface area contributed by atoms with Crippen molar-refractivity contribution in [2.24, 2.45) is 0 Å². The number of hydrogen-bond acceptors (Lipinski definition) is 6. The van der Waals surface area contributed by atoms with Crippen molar-refractivity contribution in [1.82, 2.24) is 20.3 Å². The quantitative estimate of drug-likeness (QED) is 0.565. The molecule has 0 saturated carbocycles. The standard InChI is InChI=1S/C20H21N5O2/c26-11-10-23-20(27)17-3-1-2-16(12-17)18-13-25-19(14-24-18)22-9-6-15-4-7-21-8-5-15/h1-5,7-8,12-14,26H,6,9-11H2,(H,22,25)(H,23,27). The van der Waals surface area contributed by atoms with Gasteiger partial charge >= 0.3 is 0 Å². The number of hydrogen-bond donors (Lipinski definition) is 3. The maximum Gasteiger partial charge on any atom is 0.251 e. The molecule has 0 radical (unpaired) electrons. The van der Waals surface area contributed by atoms with Crippen LogP contribution < -0.4 is 10.6 Å². The third-order valence-corrected chi connectivity index (χ3v) is 3.94. The minimum Gasteiger partial charge on any atom is -0.395 e. The SMILES string of the molecule is O=C(NCCO)c1cccc(-c2cnc(NCCc3ccncc3)cn2)c1. The summed E-state index contributed by atoms with van der Waals surface area (Å²) >= 11 is 0. The van der Waals surface area contributed by atoms with E-state index in [1.807, 2.05) is 18.2 Å². The van der Waals surface area contributed by atoms with E-state index in [0.29, 0.717) is 17.1 Å². The number of nitrogens with one attached hydrogen (secondary N) is 2. The van der Waals surface area contributed by atoms with Crippen LogP contribution in [-0.4, -0.2) is 45.7 Å². The molecule has 1 amide bonds. The second kappa shape index (κ2) is 9.40. The molecule has 0 saturated heterocycles. The first-order chi connectivity index (χ1) is 13.3. The molecule has 2 heterocycles. The van der Waals surface area contributed by atoms with Crippen LogP contribution in [0.5, 0.6) is 0 Å². The number of pyridine rings is 1. The summed E-state index contributed by atoms with van der Waals surface area (Å²) in [6.07, 6.45) is 7.79. The summed E-state index contributed by atoms with van der Waals surface area (Å²) < 4.78 is 0. The minimum atomic E-state index is -0.228. The number of anilines is 1. The predicted octanol–water partition coefficient (Wildman–Crippen LogP) is 1.92. The number of rotatable bonds is 8. The molecule has 0 unspecified atom stereocenters. The fraction of sp³-hybridized carbons (Fsp3) is 0.200. The second-order valence-electron chi connectivity index (χ2n) is 5.88. The Morgan fingerprint density at radius 1 is 1.04 bits per heavy atom. The van der Waals surface area contributed by atoms with E-state index in [4.69, 9.17) is 5.11 Å². The molecular weight excluding hydrogens is 342 g/mol. The van der Waals surface area contributed by atoms with Crippen LogP contribution in [0.15, 0.2) is 61.2 Å². The predicted molar refractivity (Wildman–Crippen MR) is 103 cm³/mol. The normalized spacial score (nSPS) is 10.4. The van der Waals surface area contributed by atoms with Crippen LogP contribution in [0.1, 0.15) is 15.9 Å². The number of aliphatic hydroxyl groups excluding tert-OH is 1. The van der Waals surface area contributed by atoms with Gasteiger partial charge in [0.2, 0.25) is 0 Å². The van der Waals surface area contributed by atoms with E-state index in [2.05, 4.69) is 25.6 Å². The summed E-state index contributed by atoms with van der Waals surface area (Å²) in [5.41, 5.74) is 3.22. The lowest BCUT2D eigenvalue weighted by Gasteiger charge is -2.08. The summed E-state index contributed by atoms with van der Waals surface area (Å²) in [5.74, 6) is 0.470. The molecule has 0 bridgehead atoms. The first kappa shape index (κ1) is 18.5. The van der Waals surface area contributed by atoms with Crippen LogP contribution in [0.25, 0.3) is 11.3 Å². The Morgan fingerprint density at radius 2 is 1.89 bits per heavy atom. The van der Waals surface area contributed by atoms with Crippen molar-refractivity contribution in [3.05, 3.63) is 72.3 Å². The van der Waals surface area contributed by atoms with Crippen molar-refractivity contribution in [1.29, 1.82) is 0 Å². The Bertz CT molecular complexity index is 869. The largest absolute Gasteiger partial charge is 0.395 e. The van der Waals surface area contributed by atoms with Gasteiger partial charge in [-0.15, -0.1) is 0 Å². The zero-order valence-electron chi connectivity index (χ0n) is 14.8. The van der Waals surface area contributed by atoms with Gasteiger partial charge in [-0.2, -0.15) is 0 Å². The summed E-state index contributed by atoms with van der Waals surface area (Å²) in [5, 5.41) is 14.7. The number of benzene rings is 1. The average Bonchev–Trinajstić information content (AvgIpc) is 2.73. The molecule has 0 fully saturated rings. The highest BCUT2D eigenvalue weighted by Crippen LogP contribution is 2.18. The third-order valence-electron chi connectivity index (χ3n) is 3.94. The summed E-state index contributed by atoms with van der Waals surface area (Å²) in [6.45, 7) is 0.883. The molecule has 0 aliphatic rings. The van der Waals surface area contributed by atoms with Gasteiger partial charge in [-0.25, -0.2) is 4.98 Å². The average molecular weight is 363 g/mol. The zero-order valence-corrected chi connectivity index (χ0v) is 14.8. The van der Waals surface area contributed by atoms with Gasteiger partial charge in [-0.1, -0.05) is 12.1 Å². The van der Waals surface area contributed by atoms with E-state index in [1.165, 1.54) is 5.56 Å². The fourth-order valence-corrected chi connectivity index (χ4v) is 2.54. The first-order valence-electron chi connectivity index (χ1n) is 8.70. The van der Waals surface area contributed by atoms with Gasteiger partial charge < -0.3 is 15.7 Å². The van der Waals surface area contributed by atoms with Crippen LogP contribution >= 0.6 is 0 Å². The Labute approximate surface area is 157 Å². The van der Waals surface area contributed by atoms with E-state index in [0.717, 1.165) is 18.5 Å². The number of carbonyl (C=O) groups is 1. The van der Waals surface area contributed by atoms with Crippen molar-refractivity contribution in [2.75, 3.05) is 25.0 Å². The van der Waals surface area contributed by atoms with Crippen molar-refractivity contribution < 1.29 is 9.90 Å². The highest BCUT2D eigenvalue weighted by atomic mass is 16.3. The number of aliphatic hydroxyl groups is 1. The molecule has 7 heteroatoms. The van der Waals surface area contributed by atoms with Gasteiger partial charge in [0, 0.05) is 36.6 Å². The smallest absolute Gasteiger partial charge is 0.251 e. The van der Waals surface area contributed by atoms with Crippen LogP contribution in [0.2, 0.25) is 0 Å². The Hall–Kier alpha value is -3.32. The highest BCUT2D eigenvalue weighted by Gasteiger charge is 2.07. The lowest BCUT2D eigenvalue weighted by atomic mass is 10.1. The summed E-state index contributed by atoms with van der Waals surface area (Å²) in [6, 6.07) is 11.1. The van der Waals surface area contributed by atoms with Gasteiger partial charge in [-0.3, -0.25) is 14.8 Å². The van der Waals surface area contributed by atoms with E-state index < -0.39 is 0 Å². The molecule has 3 rings (SSSR count).